The number of halogens is 1. The average molecular weight is 526 g/mol. The number of nitrogens with zero attached hydrogens (tertiary/aromatic N) is 2. The van der Waals surface area contributed by atoms with E-state index in [-0.39, 0.29) is 29.5 Å². The van der Waals surface area contributed by atoms with Crippen LogP contribution in [0.2, 0.25) is 0 Å². The third-order valence-electron chi connectivity index (χ3n) is 4.72. The van der Waals surface area contributed by atoms with Crippen molar-refractivity contribution in [3.8, 4) is 5.75 Å². The zero-order valence-electron chi connectivity index (χ0n) is 18.5. The van der Waals surface area contributed by atoms with Crippen LogP contribution in [0.3, 0.4) is 0 Å². The molecule has 0 unspecified atom stereocenters. The van der Waals surface area contributed by atoms with Crippen LogP contribution in [0.5, 0.6) is 5.75 Å². The third-order valence-corrected chi connectivity index (χ3v) is 4.72. The van der Waals surface area contributed by atoms with Gasteiger partial charge in [0.25, 0.3) is 5.56 Å². The van der Waals surface area contributed by atoms with Crippen LogP contribution < -0.4 is 20.9 Å². The Morgan fingerprint density at radius 3 is 2.63 bits per heavy atom. The highest BCUT2D eigenvalue weighted by molar-refractivity contribution is 14.0. The van der Waals surface area contributed by atoms with Gasteiger partial charge in [-0.15, -0.1) is 24.0 Å². The van der Waals surface area contributed by atoms with E-state index in [1.807, 2.05) is 17.6 Å². The van der Waals surface area contributed by atoms with Crippen molar-refractivity contribution in [1.82, 2.24) is 15.2 Å². The Hall–Kier alpha value is -2.03. The van der Waals surface area contributed by atoms with Gasteiger partial charge in [0, 0.05) is 44.0 Å². The molecule has 0 bridgehead atoms. The molecule has 1 aromatic heterocycles. The number of hydrogen-bond donors (Lipinski definition) is 2. The molecule has 2 rings (SSSR count). The van der Waals surface area contributed by atoms with E-state index in [9.17, 15) is 4.79 Å². The zero-order chi connectivity index (χ0) is 21.1. The maximum atomic E-state index is 11.9. The van der Waals surface area contributed by atoms with E-state index in [1.165, 1.54) is 5.56 Å². The van der Waals surface area contributed by atoms with Gasteiger partial charge in [0.15, 0.2) is 5.96 Å². The van der Waals surface area contributed by atoms with Crippen molar-refractivity contribution in [2.24, 2.45) is 4.99 Å². The molecule has 0 saturated carbocycles. The van der Waals surface area contributed by atoms with Crippen LogP contribution in [-0.2, 0) is 13.1 Å². The molecule has 0 spiro atoms. The Morgan fingerprint density at radius 1 is 1.13 bits per heavy atom. The van der Waals surface area contributed by atoms with E-state index in [4.69, 9.17) is 4.74 Å². The number of guanidine groups is 1. The lowest BCUT2D eigenvalue weighted by Gasteiger charge is -2.15. The number of aromatic nitrogens is 1. The molecule has 7 heteroatoms. The van der Waals surface area contributed by atoms with E-state index in [0.29, 0.717) is 13.2 Å². The molecule has 1 aromatic carbocycles. The molecule has 2 N–H and O–H groups in total. The van der Waals surface area contributed by atoms with Crippen LogP contribution >= 0.6 is 24.0 Å². The number of nitrogens with one attached hydrogen (secondary N) is 2. The van der Waals surface area contributed by atoms with Gasteiger partial charge in [0.2, 0.25) is 0 Å². The van der Waals surface area contributed by atoms with Crippen LogP contribution in [0.4, 0.5) is 0 Å². The van der Waals surface area contributed by atoms with Gasteiger partial charge in [-0.2, -0.15) is 0 Å². The fourth-order valence-electron chi connectivity index (χ4n) is 3.07. The quantitative estimate of drug-likeness (QED) is 0.213. The van der Waals surface area contributed by atoms with Crippen molar-refractivity contribution in [3.63, 3.8) is 0 Å². The fraction of sp³-hybridized carbons (Fsp3) is 0.478. The highest BCUT2D eigenvalue weighted by Gasteiger charge is 2.06. The topological polar surface area (TPSA) is 67.7 Å². The van der Waals surface area contributed by atoms with Crippen molar-refractivity contribution in [2.45, 2.75) is 53.1 Å². The zero-order valence-corrected chi connectivity index (χ0v) is 20.9. The first kappa shape index (κ1) is 26.0. The number of aliphatic imine (C=N–C) groups is 1. The lowest BCUT2D eigenvalue weighted by molar-refractivity contribution is 0.313. The predicted octanol–water partition coefficient (Wildman–Crippen LogP) is 4.02. The van der Waals surface area contributed by atoms with Gasteiger partial charge in [-0.1, -0.05) is 25.1 Å². The normalized spacial score (nSPS) is 11.0. The minimum absolute atomic E-state index is 0. The maximum absolute atomic E-state index is 11.9. The van der Waals surface area contributed by atoms with Gasteiger partial charge in [0.05, 0.1) is 6.61 Å². The molecule has 0 radical (unpaired) electrons. The smallest absolute Gasteiger partial charge is 0.250 e. The number of hydrogen-bond acceptors (Lipinski definition) is 3. The molecule has 30 heavy (non-hydrogen) atoms. The maximum Gasteiger partial charge on any atom is 0.250 e. The number of benzene rings is 1. The summed E-state index contributed by atoms with van der Waals surface area (Å²) in [7, 11) is 1.77. The molecule has 0 saturated heterocycles. The monoisotopic (exact) mass is 526 g/mol. The van der Waals surface area contributed by atoms with Crippen LogP contribution in [0.15, 0.2) is 46.2 Å². The first-order chi connectivity index (χ1) is 14.0. The van der Waals surface area contributed by atoms with Gasteiger partial charge in [-0.25, -0.2) is 0 Å². The van der Waals surface area contributed by atoms with Crippen molar-refractivity contribution >= 4 is 29.9 Å². The minimum atomic E-state index is 0. The Kier molecular flexibility index (Phi) is 12.2. The number of pyridine rings is 1. The lowest BCUT2D eigenvalue weighted by Crippen LogP contribution is -2.37. The van der Waals surface area contributed by atoms with E-state index in [0.717, 1.165) is 55.3 Å². The summed E-state index contributed by atoms with van der Waals surface area (Å²) in [6.45, 7) is 9.05. The van der Waals surface area contributed by atoms with E-state index in [2.05, 4.69) is 47.7 Å². The van der Waals surface area contributed by atoms with Crippen molar-refractivity contribution in [2.75, 3.05) is 20.2 Å². The standard InChI is InChI=1S/C23H34N4O2.HI/c1-5-15-29-21-16-18(2)11-12-20(21)17-26-23(24-4)25-13-6-7-14-27-19(3)9-8-10-22(27)28;/h8-12,16H,5-7,13-15,17H2,1-4H3,(H2,24,25,26);1H. The Bertz CT molecular complexity index is 865. The molecule has 0 fully saturated rings. The summed E-state index contributed by atoms with van der Waals surface area (Å²) in [6, 6.07) is 11.7. The van der Waals surface area contributed by atoms with Gasteiger partial charge in [-0.3, -0.25) is 9.79 Å². The molecule has 0 aliphatic heterocycles. The minimum Gasteiger partial charge on any atom is -0.493 e. The predicted molar refractivity (Wildman–Crippen MR) is 135 cm³/mol. The van der Waals surface area contributed by atoms with Crippen LogP contribution in [0.1, 0.15) is 43.0 Å². The Balaban J connectivity index is 0.00000450. The summed E-state index contributed by atoms with van der Waals surface area (Å²) >= 11 is 0. The molecular weight excluding hydrogens is 491 g/mol. The third kappa shape index (κ3) is 8.38. The number of ether oxygens (including phenoxy) is 1. The molecule has 0 aliphatic carbocycles. The second-order valence-electron chi connectivity index (χ2n) is 7.18. The summed E-state index contributed by atoms with van der Waals surface area (Å²) in [5.41, 5.74) is 3.37. The van der Waals surface area contributed by atoms with Crippen molar-refractivity contribution < 1.29 is 4.74 Å². The number of unbranched alkanes of at least 4 members (excludes halogenated alkanes) is 1. The SMILES string of the molecule is CCCOc1cc(C)ccc1CNC(=NC)NCCCCn1c(C)cccc1=O.I. The molecule has 0 amide bonds. The van der Waals surface area contributed by atoms with Crippen LogP contribution in [0, 0.1) is 13.8 Å². The summed E-state index contributed by atoms with van der Waals surface area (Å²) < 4.78 is 7.70. The second kappa shape index (κ2) is 14.1. The summed E-state index contributed by atoms with van der Waals surface area (Å²) in [5, 5.41) is 6.69. The highest BCUT2D eigenvalue weighted by Crippen LogP contribution is 2.20. The molecule has 0 atom stereocenters. The average Bonchev–Trinajstić information content (AvgIpc) is 2.71. The van der Waals surface area contributed by atoms with E-state index in [1.54, 1.807) is 19.2 Å². The van der Waals surface area contributed by atoms with Crippen LogP contribution in [0.25, 0.3) is 0 Å². The fourth-order valence-corrected chi connectivity index (χ4v) is 3.07. The Morgan fingerprint density at radius 2 is 1.93 bits per heavy atom. The van der Waals surface area contributed by atoms with Gasteiger partial charge in [0.1, 0.15) is 5.75 Å². The molecule has 2 aromatic rings. The largest absolute Gasteiger partial charge is 0.493 e. The van der Waals surface area contributed by atoms with E-state index >= 15 is 0 Å². The number of aryl methyl sites for hydroxylation is 2. The molecule has 6 nitrogen and oxygen atoms in total. The lowest BCUT2D eigenvalue weighted by atomic mass is 10.1. The first-order valence-electron chi connectivity index (χ1n) is 10.4. The van der Waals surface area contributed by atoms with E-state index < -0.39 is 0 Å². The van der Waals surface area contributed by atoms with Crippen molar-refractivity contribution in [3.05, 3.63) is 63.6 Å². The van der Waals surface area contributed by atoms with Crippen LogP contribution in [-0.4, -0.2) is 30.7 Å². The summed E-state index contributed by atoms with van der Waals surface area (Å²) in [5.74, 6) is 1.69. The van der Waals surface area contributed by atoms with Gasteiger partial charge in [-0.05, 0) is 50.8 Å². The molecule has 166 valence electrons. The second-order valence-corrected chi connectivity index (χ2v) is 7.18. The Labute approximate surface area is 197 Å². The number of rotatable bonds is 10. The molecule has 0 aliphatic rings. The molecule has 1 heterocycles. The van der Waals surface area contributed by atoms with Crippen molar-refractivity contribution in [1.29, 1.82) is 0 Å². The molecular formula is C23H35IN4O2. The summed E-state index contributed by atoms with van der Waals surface area (Å²) in [6.07, 6.45) is 2.87. The first-order valence-corrected chi connectivity index (χ1v) is 10.4. The van der Waals surface area contributed by atoms with Gasteiger partial charge < -0.3 is 19.9 Å². The van der Waals surface area contributed by atoms with Gasteiger partial charge >= 0.3 is 0 Å². The summed E-state index contributed by atoms with van der Waals surface area (Å²) in [4.78, 5) is 16.2. The highest BCUT2D eigenvalue weighted by atomic mass is 127.